The van der Waals surface area contributed by atoms with E-state index >= 15 is 0 Å². The Kier molecular flexibility index (Phi) is 7.39. The predicted molar refractivity (Wildman–Crippen MR) is 122 cm³/mol. The zero-order valence-electron chi connectivity index (χ0n) is 18.1. The molecule has 1 saturated heterocycles. The number of hydrogen-bond donors (Lipinski definition) is 1. The Morgan fingerprint density at radius 1 is 1.25 bits per heavy atom. The summed E-state index contributed by atoms with van der Waals surface area (Å²) in [5.74, 6) is 1.77. The second-order valence-corrected chi connectivity index (χ2v) is 8.38. The molecule has 0 bridgehead atoms. The fraction of sp³-hybridized carbons (Fsp3) is 0.375. The van der Waals surface area contributed by atoms with E-state index in [1.165, 1.54) is 0 Å². The monoisotopic (exact) mass is 454 g/mol. The molecule has 0 aliphatic carbocycles. The molecule has 1 atom stereocenters. The Bertz CT molecular complexity index is 1050. The molecular weight excluding hydrogens is 428 g/mol. The summed E-state index contributed by atoms with van der Waals surface area (Å²) in [6.45, 7) is 4.94. The lowest BCUT2D eigenvalue weighted by atomic mass is 9.97. The van der Waals surface area contributed by atoms with Crippen LogP contribution in [-0.2, 0) is 11.3 Å². The topological polar surface area (TPSA) is 80.5 Å². The minimum absolute atomic E-state index is 0.0450. The average molecular weight is 455 g/mol. The van der Waals surface area contributed by atoms with Crippen LogP contribution in [0.3, 0.4) is 0 Å². The highest BCUT2D eigenvalue weighted by atomic mass is 35.5. The van der Waals surface area contributed by atoms with Crippen LogP contribution in [-0.4, -0.2) is 47.2 Å². The largest absolute Gasteiger partial charge is 0.490 e. The van der Waals surface area contributed by atoms with Crippen LogP contribution in [0.2, 0.25) is 5.02 Å². The van der Waals surface area contributed by atoms with Crippen LogP contribution >= 0.6 is 11.6 Å². The molecule has 0 saturated carbocycles. The number of aromatic nitrogens is 2. The van der Waals surface area contributed by atoms with Gasteiger partial charge in [-0.15, -0.1) is 0 Å². The highest BCUT2D eigenvalue weighted by Gasteiger charge is 2.26. The van der Waals surface area contributed by atoms with Gasteiger partial charge in [0.15, 0.2) is 0 Å². The van der Waals surface area contributed by atoms with Crippen LogP contribution in [0.15, 0.2) is 53.1 Å². The lowest BCUT2D eigenvalue weighted by Crippen LogP contribution is -2.43. The standard InChI is InChI=1S/C24H27ClN4O3/c1-17-7-2-3-9-19(17)23-27-22(32-28-23)16-29-13-6-8-18(15-29)24(30)26-12-14-31-21-11-5-4-10-20(21)25/h2-5,7,9-11,18H,6,8,12-16H2,1H3,(H,26,30). The molecule has 4 rings (SSSR count). The number of para-hydroxylation sites is 1. The maximum absolute atomic E-state index is 12.6. The molecule has 1 aromatic heterocycles. The van der Waals surface area contributed by atoms with Gasteiger partial charge in [0.05, 0.1) is 24.0 Å². The number of halogens is 1. The van der Waals surface area contributed by atoms with Gasteiger partial charge in [0.2, 0.25) is 17.6 Å². The van der Waals surface area contributed by atoms with Gasteiger partial charge in [0.25, 0.3) is 0 Å². The fourth-order valence-electron chi connectivity index (χ4n) is 3.90. The Balaban J connectivity index is 1.25. The number of carbonyl (C=O) groups is 1. The summed E-state index contributed by atoms with van der Waals surface area (Å²) >= 11 is 6.08. The second-order valence-electron chi connectivity index (χ2n) is 7.97. The number of ether oxygens (including phenoxy) is 1. The van der Waals surface area contributed by atoms with E-state index in [9.17, 15) is 4.79 Å². The second kappa shape index (κ2) is 10.6. The van der Waals surface area contributed by atoms with Gasteiger partial charge in [-0.25, -0.2) is 0 Å². The Morgan fingerprint density at radius 3 is 2.91 bits per heavy atom. The molecule has 32 heavy (non-hydrogen) atoms. The molecule has 1 N–H and O–H groups in total. The summed E-state index contributed by atoms with van der Waals surface area (Å²) in [7, 11) is 0. The van der Waals surface area contributed by atoms with Crippen molar-refractivity contribution in [3.05, 3.63) is 65.0 Å². The summed E-state index contributed by atoms with van der Waals surface area (Å²) in [5.41, 5.74) is 2.07. The molecule has 8 heteroatoms. The summed E-state index contributed by atoms with van der Waals surface area (Å²) in [6, 6.07) is 15.3. The molecule has 0 radical (unpaired) electrons. The van der Waals surface area contributed by atoms with E-state index in [-0.39, 0.29) is 11.8 Å². The summed E-state index contributed by atoms with van der Waals surface area (Å²) < 4.78 is 11.1. The van der Waals surface area contributed by atoms with Crippen molar-refractivity contribution < 1.29 is 14.1 Å². The Hall–Kier alpha value is -2.90. The van der Waals surface area contributed by atoms with Crippen LogP contribution < -0.4 is 10.1 Å². The molecule has 1 aliphatic rings. The molecule has 7 nitrogen and oxygen atoms in total. The van der Waals surface area contributed by atoms with Gasteiger partial charge < -0.3 is 14.6 Å². The molecule has 1 unspecified atom stereocenters. The van der Waals surface area contributed by atoms with E-state index in [4.69, 9.17) is 20.9 Å². The Morgan fingerprint density at radius 2 is 2.06 bits per heavy atom. The molecule has 2 heterocycles. The van der Waals surface area contributed by atoms with E-state index in [1.807, 2.05) is 49.4 Å². The maximum Gasteiger partial charge on any atom is 0.241 e. The minimum Gasteiger partial charge on any atom is -0.490 e. The molecule has 168 valence electrons. The minimum atomic E-state index is -0.0668. The van der Waals surface area contributed by atoms with E-state index in [2.05, 4.69) is 20.4 Å². The van der Waals surface area contributed by atoms with E-state index < -0.39 is 0 Å². The fourth-order valence-corrected chi connectivity index (χ4v) is 4.09. The third-order valence-corrected chi connectivity index (χ3v) is 5.90. The van der Waals surface area contributed by atoms with Crippen LogP contribution in [0.4, 0.5) is 0 Å². The van der Waals surface area contributed by atoms with Crippen molar-refractivity contribution in [3.63, 3.8) is 0 Å². The third kappa shape index (κ3) is 5.66. The first-order valence-electron chi connectivity index (χ1n) is 10.9. The van der Waals surface area contributed by atoms with E-state index in [0.29, 0.717) is 48.7 Å². The van der Waals surface area contributed by atoms with Gasteiger partial charge in [-0.05, 0) is 44.0 Å². The first kappa shape index (κ1) is 22.3. The van der Waals surface area contributed by atoms with Crippen LogP contribution in [0.5, 0.6) is 5.75 Å². The summed E-state index contributed by atoms with van der Waals surface area (Å²) in [4.78, 5) is 19.4. The number of hydrogen-bond acceptors (Lipinski definition) is 6. The maximum atomic E-state index is 12.6. The van der Waals surface area contributed by atoms with Crippen molar-refractivity contribution in [2.45, 2.75) is 26.3 Å². The van der Waals surface area contributed by atoms with E-state index in [1.54, 1.807) is 6.07 Å². The number of likely N-dealkylation sites (tertiary alicyclic amines) is 1. The number of carbonyl (C=O) groups excluding carboxylic acids is 1. The smallest absolute Gasteiger partial charge is 0.241 e. The van der Waals surface area contributed by atoms with Gasteiger partial charge in [-0.2, -0.15) is 4.98 Å². The van der Waals surface area contributed by atoms with Crippen molar-refractivity contribution in [1.29, 1.82) is 0 Å². The van der Waals surface area contributed by atoms with Crippen molar-refractivity contribution in [2.24, 2.45) is 5.92 Å². The number of amides is 1. The molecule has 2 aromatic carbocycles. The number of nitrogens with one attached hydrogen (secondary N) is 1. The molecular formula is C24H27ClN4O3. The molecule has 3 aromatic rings. The van der Waals surface area contributed by atoms with E-state index in [0.717, 1.165) is 30.5 Å². The molecule has 1 aliphatic heterocycles. The lowest BCUT2D eigenvalue weighted by molar-refractivity contribution is -0.126. The van der Waals surface area contributed by atoms with Crippen molar-refractivity contribution in [3.8, 4) is 17.1 Å². The number of nitrogens with zero attached hydrogens (tertiary/aromatic N) is 3. The molecule has 1 fully saturated rings. The van der Waals surface area contributed by atoms with Crippen molar-refractivity contribution >= 4 is 17.5 Å². The number of piperidine rings is 1. The SMILES string of the molecule is Cc1ccccc1-c1noc(CN2CCCC(C(=O)NCCOc3ccccc3Cl)C2)n1. The van der Waals surface area contributed by atoms with Crippen LogP contribution in [0, 0.1) is 12.8 Å². The van der Waals surface area contributed by atoms with Crippen LogP contribution in [0.1, 0.15) is 24.3 Å². The number of aryl methyl sites for hydroxylation is 1. The van der Waals surface area contributed by atoms with Gasteiger partial charge in [-0.3, -0.25) is 9.69 Å². The predicted octanol–water partition coefficient (Wildman–Crippen LogP) is 4.11. The Labute approximate surface area is 192 Å². The van der Waals surface area contributed by atoms with Gasteiger partial charge >= 0.3 is 0 Å². The first-order chi connectivity index (χ1) is 15.6. The number of benzene rings is 2. The van der Waals surface area contributed by atoms with Crippen LogP contribution in [0.25, 0.3) is 11.4 Å². The van der Waals surface area contributed by atoms with Gasteiger partial charge in [-0.1, -0.05) is 53.2 Å². The van der Waals surface area contributed by atoms with Crippen molar-refractivity contribution in [1.82, 2.24) is 20.4 Å². The zero-order valence-corrected chi connectivity index (χ0v) is 18.8. The summed E-state index contributed by atoms with van der Waals surface area (Å²) in [6.07, 6.45) is 1.82. The third-order valence-electron chi connectivity index (χ3n) is 5.58. The quantitative estimate of drug-likeness (QED) is 0.516. The number of rotatable bonds is 8. The van der Waals surface area contributed by atoms with Crippen molar-refractivity contribution in [2.75, 3.05) is 26.2 Å². The van der Waals surface area contributed by atoms with Gasteiger partial charge in [0.1, 0.15) is 12.4 Å². The lowest BCUT2D eigenvalue weighted by Gasteiger charge is -2.30. The zero-order chi connectivity index (χ0) is 22.3. The molecule has 1 amide bonds. The highest BCUT2D eigenvalue weighted by molar-refractivity contribution is 6.32. The van der Waals surface area contributed by atoms with Gasteiger partial charge in [0, 0.05) is 12.1 Å². The molecule has 0 spiro atoms. The first-order valence-corrected chi connectivity index (χ1v) is 11.2. The average Bonchev–Trinajstić information content (AvgIpc) is 3.26. The normalized spacial score (nSPS) is 16.6. The highest BCUT2D eigenvalue weighted by Crippen LogP contribution is 2.23. The summed E-state index contributed by atoms with van der Waals surface area (Å²) in [5, 5.41) is 7.67.